The number of amides is 2. The van der Waals surface area contributed by atoms with Crippen LogP contribution in [0.25, 0.3) is 0 Å². The number of nitrogens with one attached hydrogen (secondary N) is 2. The maximum atomic E-state index is 12.9. The summed E-state index contributed by atoms with van der Waals surface area (Å²) in [6.07, 6.45) is 0.708. The molecule has 3 rings (SSSR count). The summed E-state index contributed by atoms with van der Waals surface area (Å²) < 4.78 is 37.8. The molecule has 2 fully saturated rings. The maximum Gasteiger partial charge on any atom is 0.407 e. The Bertz CT molecular complexity index is 975. The van der Waals surface area contributed by atoms with Gasteiger partial charge in [0.25, 0.3) is 0 Å². The zero-order chi connectivity index (χ0) is 23.7. The fourth-order valence-electron chi connectivity index (χ4n) is 3.73. The molecule has 2 N–H and O–H groups in total. The van der Waals surface area contributed by atoms with Crippen LogP contribution >= 0.6 is 0 Å². The van der Waals surface area contributed by atoms with Crippen LogP contribution in [0.15, 0.2) is 35.4 Å². The number of carbonyl (C=O) groups excluding carboxylic acids is 2. The van der Waals surface area contributed by atoms with Gasteiger partial charge in [-0.05, 0) is 44.2 Å². The third kappa shape index (κ3) is 5.57. The minimum absolute atomic E-state index is 0.0249. The Labute approximate surface area is 188 Å². The topological polar surface area (TPSA) is 127 Å². The van der Waals surface area contributed by atoms with Gasteiger partial charge in [-0.1, -0.05) is 6.58 Å². The Hall–Kier alpha value is -2.66. The molecule has 2 heterocycles. The molecular formula is C21H30N4O6S. The van der Waals surface area contributed by atoms with E-state index in [1.54, 1.807) is 27.8 Å². The van der Waals surface area contributed by atoms with E-state index in [4.69, 9.17) is 9.47 Å². The molecule has 0 spiro atoms. The first-order valence-electron chi connectivity index (χ1n) is 10.4. The Morgan fingerprint density at radius 2 is 1.91 bits per heavy atom. The Kier molecular flexibility index (Phi) is 6.80. The molecule has 1 saturated carbocycles. The molecule has 0 bridgehead atoms. The van der Waals surface area contributed by atoms with Crippen LogP contribution in [-0.4, -0.2) is 68.6 Å². The van der Waals surface area contributed by atoms with Gasteiger partial charge in [0.1, 0.15) is 17.1 Å². The summed E-state index contributed by atoms with van der Waals surface area (Å²) in [5, 5.41) is 5.21. The van der Waals surface area contributed by atoms with Crippen LogP contribution in [0.4, 0.5) is 4.79 Å². The average molecular weight is 467 g/mol. The molecule has 1 aromatic heterocycles. The first-order valence-corrected chi connectivity index (χ1v) is 11.8. The number of pyridine rings is 1. The Balaban J connectivity index is 1.46. The largest absolute Gasteiger partial charge is 0.473 e. The minimum Gasteiger partial charge on any atom is -0.473 e. The van der Waals surface area contributed by atoms with Crippen molar-refractivity contribution >= 4 is 22.0 Å². The number of sulfonamides is 1. The molecule has 0 radical (unpaired) electrons. The minimum atomic E-state index is -3.67. The summed E-state index contributed by atoms with van der Waals surface area (Å²) in [5.74, 6) is 0.300. The van der Waals surface area contributed by atoms with E-state index >= 15 is 0 Å². The number of alkyl carbamates (subject to hydrolysis) is 1. The summed E-state index contributed by atoms with van der Waals surface area (Å²) in [6, 6.07) is 2.92. The first kappa shape index (κ1) is 24.0. The smallest absolute Gasteiger partial charge is 0.407 e. The lowest BCUT2D eigenvalue weighted by molar-refractivity contribution is -0.122. The second kappa shape index (κ2) is 9.07. The molecule has 1 aliphatic heterocycles. The molecule has 10 nitrogen and oxygen atoms in total. The maximum absolute atomic E-state index is 12.9. The van der Waals surface area contributed by atoms with Crippen molar-refractivity contribution in [2.45, 2.75) is 31.3 Å². The standard InChI is InChI=1S/C21H30N4O6S/c1-13(8-24-20(27)31-21(2,3)4)12-30-17-7-6-14(9-23-17)32(28,29)25-10-15-16(11-25)18(15)19(26)22-5/h6-7,9,15-16,18H,1,8,10-12H2,2-5H3,(H,22,26)(H,24,27)/t15-,16+,18+. The normalized spacial score (nSPS) is 22.6. The quantitative estimate of drug-likeness (QED) is 0.550. The van der Waals surface area contributed by atoms with Crippen LogP contribution in [-0.2, 0) is 19.6 Å². The fourth-order valence-corrected chi connectivity index (χ4v) is 5.19. The summed E-state index contributed by atoms with van der Waals surface area (Å²) in [7, 11) is -2.08. The van der Waals surface area contributed by atoms with Crippen LogP contribution in [0, 0.1) is 17.8 Å². The van der Waals surface area contributed by atoms with E-state index in [2.05, 4.69) is 22.2 Å². The van der Waals surface area contributed by atoms with Crippen LogP contribution in [0.1, 0.15) is 20.8 Å². The number of aromatic nitrogens is 1. The molecule has 3 atom stereocenters. The highest BCUT2D eigenvalue weighted by atomic mass is 32.2. The van der Waals surface area contributed by atoms with Gasteiger partial charge in [0.2, 0.25) is 21.8 Å². The highest BCUT2D eigenvalue weighted by Crippen LogP contribution is 2.52. The molecule has 32 heavy (non-hydrogen) atoms. The van der Waals surface area contributed by atoms with Gasteiger partial charge in [-0.25, -0.2) is 18.2 Å². The van der Waals surface area contributed by atoms with E-state index in [1.807, 2.05) is 0 Å². The van der Waals surface area contributed by atoms with Crippen LogP contribution < -0.4 is 15.4 Å². The lowest BCUT2D eigenvalue weighted by Gasteiger charge is -2.20. The molecule has 2 amide bonds. The van der Waals surface area contributed by atoms with E-state index < -0.39 is 21.7 Å². The predicted molar refractivity (Wildman–Crippen MR) is 116 cm³/mol. The summed E-state index contributed by atoms with van der Waals surface area (Å²) in [5.41, 5.74) is 0.00580. The van der Waals surface area contributed by atoms with Crippen LogP contribution in [0.3, 0.4) is 0 Å². The van der Waals surface area contributed by atoms with Crippen molar-refractivity contribution in [1.29, 1.82) is 0 Å². The lowest BCUT2D eigenvalue weighted by Crippen LogP contribution is -2.34. The van der Waals surface area contributed by atoms with Gasteiger partial charge in [-0.15, -0.1) is 0 Å². The van der Waals surface area contributed by atoms with E-state index in [-0.39, 0.29) is 47.6 Å². The van der Waals surface area contributed by atoms with Gasteiger partial charge in [0.15, 0.2) is 0 Å². The summed E-state index contributed by atoms with van der Waals surface area (Å²) >= 11 is 0. The third-order valence-corrected chi connectivity index (χ3v) is 7.18. The number of carbonyl (C=O) groups is 2. The van der Waals surface area contributed by atoms with Crippen LogP contribution in [0.5, 0.6) is 5.88 Å². The van der Waals surface area contributed by atoms with Crippen LogP contribution in [0.2, 0.25) is 0 Å². The molecule has 176 valence electrons. The molecule has 0 unspecified atom stereocenters. The van der Waals surface area contributed by atoms with Crippen molar-refractivity contribution in [3.05, 3.63) is 30.5 Å². The van der Waals surface area contributed by atoms with Gasteiger partial charge in [-0.2, -0.15) is 4.31 Å². The molecular weight excluding hydrogens is 436 g/mol. The Morgan fingerprint density at radius 1 is 1.25 bits per heavy atom. The molecule has 1 aliphatic carbocycles. The lowest BCUT2D eigenvalue weighted by atomic mass is 10.2. The molecule has 1 aromatic rings. The summed E-state index contributed by atoms with van der Waals surface area (Å²) in [6.45, 7) is 10.1. The molecule has 2 aliphatic rings. The average Bonchev–Trinajstić information content (AvgIpc) is 3.21. The van der Waals surface area contributed by atoms with E-state index in [9.17, 15) is 18.0 Å². The number of hydrogen-bond donors (Lipinski definition) is 2. The van der Waals surface area contributed by atoms with Gasteiger partial charge in [0.05, 0.1) is 6.20 Å². The number of nitrogens with zero attached hydrogens (tertiary/aromatic N) is 2. The third-order valence-electron chi connectivity index (χ3n) is 5.36. The van der Waals surface area contributed by atoms with Crippen molar-refractivity contribution in [3.8, 4) is 5.88 Å². The van der Waals surface area contributed by atoms with Crippen molar-refractivity contribution in [2.75, 3.05) is 33.3 Å². The van der Waals surface area contributed by atoms with Crippen molar-refractivity contribution in [3.63, 3.8) is 0 Å². The number of fused-ring (bicyclic) bond motifs is 1. The van der Waals surface area contributed by atoms with Gasteiger partial charge >= 0.3 is 6.09 Å². The van der Waals surface area contributed by atoms with E-state index in [0.29, 0.717) is 18.7 Å². The van der Waals surface area contributed by atoms with Gasteiger partial charge in [0, 0.05) is 38.7 Å². The van der Waals surface area contributed by atoms with Crippen molar-refractivity contribution in [2.24, 2.45) is 17.8 Å². The highest BCUT2D eigenvalue weighted by molar-refractivity contribution is 7.89. The number of hydrogen-bond acceptors (Lipinski definition) is 7. The number of piperidine rings is 1. The zero-order valence-corrected chi connectivity index (χ0v) is 19.6. The molecule has 1 saturated heterocycles. The van der Waals surface area contributed by atoms with E-state index in [0.717, 1.165) is 0 Å². The molecule has 0 aromatic carbocycles. The predicted octanol–water partition coefficient (Wildman–Crippen LogP) is 1.15. The second-order valence-electron chi connectivity index (χ2n) is 9.02. The second-order valence-corrected chi connectivity index (χ2v) is 11.0. The highest BCUT2D eigenvalue weighted by Gasteiger charge is 2.61. The monoisotopic (exact) mass is 466 g/mol. The number of ether oxygens (including phenoxy) is 2. The summed E-state index contributed by atoms with van der Waals surface area (Å²) in [4.78, 5) is 27.6. The Morgan fingerprint density at radius 3 is 2.44 bits per heavy atom. The molecule has 11 heteroatoms. The van der Waals surface area contributed by atoms with Gasteiger partial charge in [-0.3, -0.25) is 4.79 Å². The first-order chi connectivity index (χ1) is 14.9. The van der Waals surface area contributed by atoms with Crippen molar-refractivity contribution in [1.82, 2.24) is 19.9 Å². The fraction of sp³-hybridized carbons (Fsp3) is 0.571. The SMILES string of the molecule is C=C(CNC(=O)OC(C)(C)C)COc1ccc(S(=O)(=O)N2C[C@@H]3[C@H](C2)[C@H]3C(=O)NC)cn1. The van der Waals surface area contributed by atoms with E-state index in [1.165, 1.54) is 22.6 Å². The zero-order valence-electron chi connectivity index (χ0n) is 18.8. The number of rotatable bonds is 8. The van der Waals surface area contributed by atoms with Gasteiger partial charge < -0.3 is 20.1 Å². The van der Waals surface area contributed by atoms with Crippen molar-refractivity contribution < 1.29 is 27.5 Å².